The molecule has 2 aromatic carbocycles. The molecule has 0 amide bonds. The van der Waals surface area contributed by atoms with Gasteiger partial charge in [-0.1, -0.05) is 0 Å². The van der Waals surface area contributed by atoms with E-state index >= 15 is 0 Å². The number of methoxy groups -OCH3 is 2. The van der Waals surface area contributed by atoms with E-state index in [1.54, 1.807) is 0 Å². The average molecular weight is 415 g/mol. The first-order valence-electron chi connectivity index (χ1n) is 7.64. The van der Waals surface area contributed by atoms with Crippen LogP contribution >= 0.6 is 0 Å². The van der Waals surface area contributed by atoms with Crippen LogP contribution in [-0.2, 0) is 20.2 Å². The molecule has 0 saturated heterocycles. The molecule has 0 atom stereocenters. The van der Waals surface area contributed by atoms with Gasteiger partial charge in [-0.15, -0.1) is 0 Å². The van der Waals surface area contributed by atoms with Gasteiger partial charge < -0.3 is 9.47 Å². The third kappa shape index (κ3) is 5.02. The Morgan fingerprint density at radius 2 is 1.48 bits per heavy atom. The van der Waals surface area contributed by atoms with Gasteiger partial charge in [-0.3, -0.25) is 9.44 Å². The minimum Gasteiger partial charge on any atom is -0.497 e. The lowest BCUT2D eigenvalue weighted by atomic mass is 10.2. The Morgan fingerprint density at radius 1 is 0.852 bits per heavy atom. The zero-order chi connectivity index (χ0) is 20.2. The van der Waals surface area contributed by atoms with Gasteiger partial charge in [0.05, 0.1) is 30.5 Å². The highest BCUT2D eigenvalue weighted by atomic mass is 32.2. The maximum atomic E-state index is 12.5. The molecule has 0 heterocycles. The van der Waals surface area contributed by atoms with Crippen LogP contribution in [0.25, 0.3) is 0 Å². The van der Waals surface area contributed by atoms with Crippen molar-refractivity contribution in [1.29, 1.82) is 0 Å². The summed E-state index contributed by atoms with van der Waals surface area (Å²) < 4.78 is 64.9. The van der Waals surface area contributed by atoms with Crippen LogP contribution in [0.15, 0.2) is 47.4 Å². The summed E-state index contributed by atoms with van der Waals surface area (Å²) in [7, 11) is -1.95. The van der Waals surface area contributed by atoms with Gasteiger partial charge in [-0.2, -0.15) is 12.7 Å². The molecule has 0 saturated carbocycles. The number of nitrogens with zero attached hydrogens (tertiary/aromatic N) is 1. The normalized spacial score (nSPS) is 11.9. The molecule has 11 heteroatoms. The van der Waals surface area contributed by atoms with E-state index in [-0.39, 0.29) is 22.0 Å². The van der Waals surface area contributed by atoms with Gasteiger partial charge in [0.2, 0.25) is 0 Å². The number of hydrogen-bond acceptors (Lipinski definition) is 6. The fourth-order valence-electron chi connectivity index (χ4n) is 2.04. The average Bonchev–Trinajstić information content (AvgIpc) is 2.62. The monoisotopic (exact) mass is 415 g/mol. The molecule has 0 aliphatic carbocycles. The van der Waals surface area contributed by atoms with Crippen molar-refractivity contribution in [3.8, 4) is 11.5 Å². The van der Waals surface area contributed by atoms with Crippen molar-refractivity contribution in [3.05, 3.63) is 42.5 Å². The molecule has 0 bridgehead atoms. The van der Waals surface area contributed by atoms with Gasteiger partial charge in [0.15, 0.2) is 0 Å². The quantitative estimate of drug-likeness (QED) is 0.679. The summed E-state index contributed by atoms with van der Waals surface area (Å²) in [5, 5.41) is 0. The zero-order valence-corrected chi connectivity index (χ0v) is 16.9. The summed E-state index contributed by atoms with van der Waals surface area (Å²) in [5.74, 6) is 0.690. The minimum atomic E-state index is -3.86. The fraction of sp³-hybridized carbons (Fsp3) is 0.250. The molecule has 0 aliphatic rings. The topological polar surface area (TPSA) is 114 Å². The Kier molecular flexibility index (Phi) is 6.19. The van der Waals surface area contributed by atoms with E-state index in [1.807, 2.05) is 0 Å². The SMILES string of the molecule is COc1ccc(S(=O)(=O)Nc2ccc(NS(=O)(=O)N(C)C)cc2OC)cc1. The third-order valence-electron chi connectivity index (χ3n) is 3.54. The number of ether oxygens (including phenoxy) is 2. The summed E-state index contributed by atoms with van der Waals surface area (Å²) in [5.41, 5.74) is 0.397. The summed E-state index contributed by atoms with van der Waals surface area (Å²) in [6, 6.07) is 10.1. The maximum Gasteiger partial charge on any atom is 0.301 e. The number of sulfonamides is 1. The van der Waals surface area contributed by atoms with Crippen LogP contribution in [-0.4, -0.2) is 49.5 Å². The second kappa shape index (κ2) is 8.03. The maximum absolute atomic E-state index is 12.5. The molecule has 0 unspecified atom stereocenters. The first-order valence-corrected chi connectivity index (χ1v) is 10.6. The number of anilines is 2. The standard InChI is InChI=1S/C16H21N3O6S2/c1-19(2)27(22,23)17-12-5-10-15(16(11-12)25-4)18-26(20,21)14-8-6-13(24-3)7-9-14/h5-11,17-18H,1-4H3. The molecule has 9 nitrogen and oxygen atoms in total. The largest absolute Gasteiger partial charge is 0.497 e. The van der Waals surface area contributed by atoms with Crippen molar-refractivity contribution >= 4 is 31.6 Å². The van der Waals surface area contributed by atoms with Crippen molar-refractivity contribution in [3.63, 3.8) is 0 Å². The predicted octanol–water partition coefficient (Wildman–Crippen LogP) is 1.72. The number of hydrogen-bond donors (Lipinski definition) is 2. The predicted molar refractivity (Wildman–Crippen MR) is 103 cm³/mol. The second-order valence-electron chi connectivity index (χ2n) is 5.59. The van der Waals surface area contributed by atoms with Crippen LogP contribution in [0.4, 0.5) is 11.4 Å². The van der Waals surface area contributed by atoms with Gasteiger partial charge in [-0.05, 0) is 36.4 Å². The molecule has 0 radical (unpaired) electrons. The van der Waals surface area contributed by atoms with Gasteiger partial charge >= 0.3 is 10.2 Å². The van der Waals surface area contributed by atoms with Crippen LogP contribution in [0.3, 0.4) is 0 Å². The lowest BCUT2D eigenvalue weighted by Crippen LogP contribution is -2.28. The van der Waals surface area contributed by atoms with E-state index in [0.717, 1.165) is 4.31 Å². The summed E-state index contributed by atoms with van der Waals surface area (Å²) in [4.78, 5) is 0.0442. The summed E-state index contributed by atoms with van der Waals surface area (Å²) in [6.45, 7) is 0. The van der Waals surface area contributed by atoms with Crippen molar-refractivity contribution in [2.45, 2.75) is 4.90 Å². The Morgan fingerprint density at radius 3 is 2.00 bits per heavy atom. The summed E-state index contributed by atoms with van der Waals surface area (Å²) in [6.07, 6.45) is 0. The van der Waals surface area contributed by atoms with Crippen molar-refractivity contribution in [2.75, 3.05) is 37.8 Å². The molecule has 2 rings (SSSR count). The number of nitrogens with one attached hydrogen (secondary N) is 2. The van der Waals surface area contributed by atoms with E-state index < -0.39 is 20.2 Å². The molecule has 27 heavy (non-hydrogen) atoms. The Bertz CT molecular complexity index is 1000. The van der Waals surface area contributed by atoms with Crippen LogP contribution in [0, 0.1) is 0 Å². The highest BCUT2D eigenvalue weighted by Gasteiger charge is 2.18. The van der Waals surface area contributed by atoms with Crippen molar-refractivity contribution in [2.24, 2.45) is 0 Å². The zero-order valence-electron chi connectivity index (χ0n) is 15.3. The highest BCUT2D eigenvalue weighted by molar-refractivity contribution is 7.92. The lowest BCUT2D eigenvalue weighted by molar-refractivity contribution is 0.414. The van der Waals surface area contributed by atoms with Gasteiger partial charge in [-0.25, -0.2) is 8.42 Å². The van der Waals surface area contributed by atoms with E-state index in [1.165, 1.54) is 70.8 Å². The van der Waals surface area contributed by atoms with Crippen LogP contribution in [0.1, 0.15) is 0 Å². The molecular formula is C16H21N3O6S2. The molecule has 0 spiro atoms. The number of rotatable bonds is 8. The van der Waals surface area contributed by atoms with Gasteiger partial charge in [0.1, 0.15) is 11.5 Å². The van der Waals surface area contributed by atoms with Gasteiger partial charge in [0, 0.05) is 20.2 Å². The molecule has 0 aliphatic heterocycles. The van der Waals surface area contributed by atoms with Crippen molar-refractivity contribution < 1.29 is 26.3 Å². The first-order chi connectivity index (χ1) is 12.6. The molecular weight excluding hydrogens is 394 g/mol. The second-order valence-corrected chi connectivity index (χ2v) is 9.15. The van der Waals surface area contributed by atoms with Crippen LogP contribution < -0.4 is 18.9 Å². The smallest absolute Gasteiger partial charge is 0.301 e. The van der Waals surface area contributed by atoms with E-state index in [9.17, 15) is 16.8 Å². The first kappa shape index (κ1) is 20.8. The van der Waals surface area contributed by atoms with Crippen LogP contribution in [0.5, 0.6) is 11.5 Å². The highest BCUT2D eigenvalue weighted by Crippen LogP contribution is 2.30. The summed E-state index contributed by atoms with van der Waals surface area (Å²) >= 11 is 0. The lowest BCUT2D eigenvalue weighted by Gasteiger charge is -2.16. The Balaban J connectivity index is 2.30. The van der Waals surface area contributed by atoms with E-state index in [2.05, 4.69) is 9.44 Å². The van der Waals surface area contributed by atoms with E-state index in [4.69, 9.17) is 9.47 Å². The minimum absolute atomic E-state index is 0.0442. The molecule has 0 fully saturated rings. The fourth-order valence-corrected chi connectivity index (χ4v) is 3.72. The van der Waals surface area contributed by atoms with E-state index in [0.29, 0.717) is 5.75 Å². The van der Waals surface area contributed by atoms with Crippen molar-refractivity contribution in [1.82, 2.24) is 4.31 Å². The Hall–Kier alpha value is -2.50. The molecule has 148 valence electrons. The molecule has 2 aromatic rings. The van der Waals surface area contributed by atoms with Crippen LogP contribution in [0.2, 0.25) is 0 Å². The van der Waals surface area contributed by atoms with Gasteiger partial charge in [0.25, 0.3) is 10.0 Å². The Labute approximate surface area is 159 Å². The third-order valence-corrected chi connectivity index (χ3v) is 6.38. The number of benzene rings is 2. The molecule has 2 N–H and O–H groups in total. The molecule has 0 aromatic heterocycles.